The molecule has 3 heterocycles. The van der Waals surface area contributed by atoms with Crippen molar-refractivity contribution in [1.82, 2.24) is 24.5 Å². The third-order valence-corrected chi connectivity index (χ3v) is 6.68. The lowest BCUT2D eigenvalue weighted by molar-refractivity contribution is -0.114. The third kappa shape index (κ3) is 4.66. The molecule has 2 aromatic heterocycles. The number of halogens is 2. The Morgan fingerprint density at radius 1 is 1.03 bits per heavy atom. The van der Waals surface area contributed by atoms with Crippen molar-refractivity contribution in [2.24, 2.45) is 0 Å². The van der Waals surface area contributed by atoms with Crippen molar-refractivity contribution in [1.29, 1.82) is 0 Å². The first kappa shape index (κ1) is 23.9. The number of carbonyl (C=O) groups is 1. The normalized spacial score (nSPS) is 14.2. The first-order chi connectivity index (χ1) is 18.4. The van der Waals surface area contributed by atoms with Gasteiger partial charge in [0.2, 0.25) is 5.91 Å². The van der Waals surface area contributed by atoms with E-state index < -0.39 is 11.6 Å². The number of nitrogens with zero attached hydrogens (tertiary/aromatic N) is 5. The topological polar surface area (TPSA) is 86.9 Å². The summed E-state index contributed by atoms with van der Waals surface area (Å²) >= 11 is 0. The quantitative estimate of drug-likeness (QED) is 0.333. The van der Waals surface area contributed by atoms with Crippen LogP contribution in [0.4, 0.5) is 14.5 Å². The molecule has 0 bridgehead atoms. The zero-order valence-electron chi connectivity index (χ0n) is 20.6. The summed E-state index contributed by atoms with van der Waals surface area (Å²) in [4.78, 5) is 16.4. The van der Waals surface area contributed by atoms with E-state index in [4.69, 9.17) is 4.74 Å². The number of fused-ring (bicyclic) bond motifs is 1. The van der Waals surface area contributed by atoms with Gasteiger partial charge in [-0.25, -0.2) is 18.4 Å². The number of hydrogen-bond acceptors (Lipinski definition) is 5. The first-order valence-electron chi connectivity index (χ1n) is 12.3. The molecule has 192 valence electrons. The van der Waals surface area contributed by atoms with Crippen LogP contribution in [-0.2, 0) is 9.53 Å². The fourth-order valence-corrected chi connectivity index (χ4v) is 4.82. The predicted molar refractivity (Wildman–Crippen MR) is 139 cm³/mol. The second kappa shape index (κ2) is 9.79. The molecule has 0 radical (unpaired) electrons. The molecular weight excluding hydrogens is 490 g/mol. The summed E-state index contributed by atoms with van der Waals surface area (Å²) < 4.78 is 37.3. The smallest absolute Gasteiger partial charge is 0.221 e. The minimum Gasteiger partial charge on any atom is -0.381 e. The molecule has 8 nitrogen and oxygen atoms in total. The van der Waals surface area contributed by atoms with Crippen LogP contribution in [0.15, 0.2) is 67.1 Å². The minimum atomic E-state index is -0.690. The zero-order valence-corrected chi connectivity index (χ0v) is 20.6. The number of carbonyl (C=O) groups excluding carboxylic acids is 1. The van der Waals surface area contributed by atoms with Crippen molar-refractivity contribution in [2.45, 2.75) is 25.8 Å². The number of hydrogen-bond donors (Lipinski definition) is 1. The van der Waals surface area contributed by atoms with Gasteiger partial charge in [-0.1, -0.05) is 11.3 Å². The molecular formula is C28H24F2N6O2. The van der Waals surface area contributed by atoms with Crippen LogP contribution in [0.1, 0.15) is 25.8 Å². The van der Waals surface area contributed by atoms with E-state index >= 15 is 0 Å². The number of benzene rings is 3. The second-order valence-electron chi connectivity index (χ2n) is 9.32. The molecule has 1 fully saturated rings. The zero-order chi connectivity index (χ0) is 26.2. The number of aromatic nitrogens is 5. The number of amides is 1. The molecule has 0 aliphatic carbocycles. The molecule has 0 saturated carbocycles. The number of anilines is 1. The Balaban J connectivity index is 1.38. The average Bonchev–Trinajstić information content (AvgIpc) is 3.56. The van der Waals surface area contributed by atoms with Gasteiger partial charge in [-0.05, 0) is 60.9 Å². The van der Waals surface area contributed by atoms with Crippen molar-refractivity contribution in [3.8, 4) is 28.1 Å². The molecule has 3 aromatic carbocycles. The van der Waals surface area contributed by atoms with Gasteiger partial charge in [0.05, 0.1) is 23.3 Å². The van der Waals surface area contributed by atoms with Crippen LogP contribution >= 0.6 is 0 Å². The van der Waals surface area contributed by atoms with Crippen LogP contribution in [-0.4, -0.2) is 43.7 Å². The van der Waals surface area contributed by atoms with Crippen LogP contribution < -0.4 is 5.32 Å². The Morgan fingerprint density at radius 2 is 1.87 bits per heavy atom. The van der Waals surface area contributed by atoms with Crippen molar-refractivity contribution < 1.29 is 18.3 Å². The summed E-state index contributed by atoms with van der Waals surface area (Å²) in [7, 11) is 0. The molecule has 1 aliphatic heterocycles. The maximum atomic E-state index is 14.6. The van der Waals surface area contributed by atoms with Crippen LogP contribution in [0.3, 0.4) is 0 Å². The summed E-state index contributed by atoms with van der Waals surface area (Å²) in [6.45, 7) is 2.85. The maximum absolute atomic E-state index is 14.6. The van der Waals surface area contributed by atoms with Crippen molar-refractivity contribution in [3.05, 3.63) is 78.8 Å². The second-order valence-corrected chi connectivity index (χ2v) is 9.32. The van der Waals surface area contributed by atoms with Gasteiger partial charge in [0.25, 0.3) is 0 Å². The molecule has 38 heavy (non-hydrogen) atoms. The summed E-state index contributed by atoms with van der Waals surface area (Å²) in [5.74, 6) is -1.61. The van der Waals surface area contributed by atoms with Gasteiger partial charge in [0.15, 0.2) is 0 Å². The fraction of sp³-hybridized carbons (Fsp3) is 0.214. The molecule has 6 rings (SSSR count). The summed E-state index contributed by atoms with van der Waals surface area (Å²) in [5.41, 5.74) is 5.06. The van der Waals surface area contributed by atoms with Crippen molar-refractivity contribution in [2.75, 3.05) is 18.5 Å². The van der Waals surface area contributed by atoms with Gasteiger partial charge in [-0.2, -0.15) is 0 Å². The Kier molecular flexibility index (Phi) is 6.16. The monoisotopic (exact) mass is 514 g/mol. The Bertz CT molecular complexity index is 1650. The Morgan fingerprint density at radius 3 is 2.66 bits per heavy atom. The van der Waals surface area contributed by atoms with Gasteiger partial charge in [0.1, 0.15) is 23.7 Å². The molecule has 10 heteroatoms. The standard InChI is InChI=1S/C28H24F2N6O2/c1-17(37)32-21-10-19(24-4-3-20(29)13-25(24)30)11-23(14-21)35-16-31-26-12-18(2-5-28(26)35)27-15-36(34-33-27)22-6-8-38-9-7-22/h2-5,10-16,22H,6-9H2,1H3,(H,32,37). The van der Waals surface area contributed by atoms with E-state index in [0.29, 0.717) is 16.9 Å². The van der Waals surface area contributed by atoms with E-state index in [2.05, 4.69) is 20.6 Å². The van der Waals surface area contributed by atoms with E-state index in [-0.39, 0.29) is 17.5 Å². The number of ether oxygens (including phenoxy) is 1. The van der Waals surface area contributed by atoms with Gasteiger partial charge < -0.3 is 10.1 Å². The van der Waals surface area contributed by atoms with Gasteiger partial charge >= 0.3 is 0 Å². The molecule has 5 aromatic rings. The minimum absolute atomic E-state index is 0.221. The molecule has 0 unspecified atom stereocenters. The van der Waals surface area contributed by atoms with E-state index in [1.165, 1.54) is 19.1 Å². The van der Waals surface area contributed by atoms with Gasteiger partial charge in [-0.3, -0.25) is 9.36 Å². The van der Waals surface area contributed by atoms with Crippen molar-refractivity contribution >= 4 is 22.6 Å². The van der Waals surface area contributed by atoms with Crippen LogP contribution in [0.25, 0.3) is 39.1 Å². The lowest BCUT2D eigenvalue weighted by Gasteiger charge is -2.21. The molecule has 0 spiro atoms. The molecule has 1 aliphatic rings. The fourth-order valence-electron chi connectivity index (χ4n) is 4.82. The third-order valence-electron chi connectivity index (χ3n) is 6.68. The van der Waals surface area contributed by atoms with Gasteiger partial charge in [0, 0.05) is 48.7 Å². The van der Waals surface area contributed by atoms with Crippen LogP contribution in [0.2, 0.25) is 0 Å². The number of nitrogens with one attached hydrogen (secondary N) is 1. The van der Waals surface area contributed by atoms with Crippen LogP contribution in [0.5, 0.6) is 0 Å². The highest BCUT2D eigenvalue weighted by Crippen LogP contribution is 2.32. The Hall–Kier alpha value is -4.44. The largest absolute Gasteiger partial charge is 0.381 e. The lowest BCUT2D eigenvalue weighted by atomic mass is 10.0. The summed E-state index contributed by atoms with van der Waals surface area (Å²) in [5, 5.41) is 11.5. The van der Waals surface area contributed by atoms with E-state index in [0.717, 1.165) is 54.4 Å². The predicted octanol–water partition coefficient (Wildman–Crippen LogP) is 5.54. The Labute approximate surface area is 216 Å². The van der Waals surface area contributed by atoms with Crippen molar-refractivity contribution in [3.63, 3.8) is 0 Å². The van der Waals surface area contributed by atoms with E-state index in [1.807, 2.05) is 33.6 Å². The number of rotatable bonds is 5. The number of imidazole rings is 1. The molecule has 1 amide bonds. The lowest BCUT2D eigenvalue weighted by Crippen LogP contribution is -2.19. The highest BCUT2D eigenvalue weighted by Gasteiger charge is 2.18. The summed E-state index contributed by atoms with van der Waals surface area (Å²) in [6.07, 6.45) is 5.45. The van der Waals surface area contributed by atoms with E-state index in [1.54, 1.807) is 24.5 Å². The van der Waals surface area contributed by atoms with Crippen LogP contribution in [0, 0.1) is 11.6 Å². The summed E-state index contributed by atoms with van der Waals surface area (Å²) in [6, 6.07) is 14.8. The highest BCUT2D eigenvalue weighted by molar-refractivity contribution is 5.91. The molecule has 1 N–H and O–H groups in total. The van der Waals surface area contributed by atoms with E-state index in [9.17, 15) is 13.6 Å². The average molecular weight is 515 g/mol. The molecule has 1 saturated heterocycles. The molecule has 0 atom stereocenters. The first-order valence-corrected chi connectivity index (χ1v) is 12.3. The SMILES string of the molecule is CC(=O)Nc1cc(-c2ccc(F)cc2F)cc(-n2cnc3cc(-c4cn(C5CCOCC5)nn4)ccc32)c1. The maximum Gasteiger partial charge on any atom is 0.221 e. The van der Waals surface area contributed by atoms with Gasteiger partial charge in [-0.15, -0.1) is 5.10 Å². The highest BCUT2D eigenvalue weighted by atomic mass is 19.1.